The summed E-state index contributed by atoms with van der Waals surface area (Å²) in [5.41, 5.74) is 3.86. The Morgan fingerprint density at radius 2 is 1.26 bits per heavy atom. The van der Waals surface area contributed by atoms with Crippen molar-refractivity contribution in [3.63, 3.8) is 0 Å². The number of carbonyl (C=O) groups excluding carboxylic acids is 2. The number of hydroxylamine groups is 1. The summed E-state index contributed by atoms with van der Waals surface area (Å²) >= 11 is 0. The molecule has 0 saturated carbocycles. The zero-order valence-electron chi connectivity index (χ0n) is 17.2. The lowest BCUT2D eigenvalue weighted by Crippen LogP contribution is -2.25. The van der Waals surface area contributed by atoms with E-state index in [9.17, 15) is 9.59 Å². The quantitative estimate of drug-likeness (QED) is 0.314. The van der Waals surface area contributed by atoms with E-state index in [0.717, 1.165) is 6.42 Å². The fourth-order valence-corrected chi connectivity index (χ4v) is 3.17. The largest absolute Gasteiger partial charge is 0.341 e. The van der Waals surface area contributed by atoms with Gasteiger partial charge < -0.3 is 4.84 Å². The molecule has 1 N–H and O–H groups in total. The van der Waals surface area contributed by atoms with Crippen LogP contribution in [0.3, 0.4) is 0 Å². The van der Waals surface area contributed by atoms with Gasteiger partial charge in [0.2, 0.25) is 0 Å². The molecular weight excluding hydrogens is 338 g/mol. The number of benzene rings is 1. The highest BCUT2D eigenvalue weighted by Crippen LogP contribution is 2.13. The van der Waals surface area contributed by atoms with Gasteiger partial charge in [-0.25, -0.2) is 0 Å². The van der Waals surface area contributed by atoms with Gasteiger partial charge in [-0.2, -0.15) is 5.48 Å². The summed E-state index contributed by atoms with van der Waals surface area (Å²) in [6.45, 7) is 3.51. The average molecular weight is 376 g/mol. The van der Waals surface area contributed by atoms with Crippen LogP contribution in [0.5, 0.6) is 0 Å². The van der Waals surface area contributed by atoms with E-state index in [1.807, 2.05) is 12.1 Å². The Labute approximate surface area is 165 Å². The number of nitrogens with one attached hydrogen (secondary N) is 1. The Hall–Kier alpha value is -1.84. The van der Waals surface area contributed by atoms with Crippen LogP contribution in [0, 0.1) is 0 Å². The number of hydrogen-bond donors (Lipinski definition) is 1. The third kappa shape index (κ3) is 12.2. The number of unbranched alkanes of at least 4 members (excludes halogenated alkanes) is 11. The third-order valence-electron chi connectivity index (χ3n) is 4.82. The van der Waals surface area contributed by atoms with Crippen molar-refractivity contribution in [1.82, 2.24) is 5.48 Å². The smallest absolute Gasteiger partial charge is 0.329 e. The van der Waals surface area contributed by atoms with Crippen molar-refractivity contribution < 1.29 is 14.4 Å². The molecule has 0 aliphatic rings. The number of hydrogen-bond acceptors (Lipinski definition) is 3. The fraction of sp³-hybridized carbons (Fsp3) is 0.652. The Morgan fingerprint density at radius 1 is 0.778 bits per heavy atom. The minimum Gasteiger partial charge on any atom is -0.341 e. The molecule has 27 heavy (non-hydrogen) atoms. The van der Waals surface area contributed by atoms with E-state index < -0.39 is 11.9 Å². The van der Waals surface area contributed by atoms with Gasteiger partial charge in [-0.3, -0.25) is 9.59 Å². The van der Waals surface area contributed by atoms with Gasteiger partial charge >= 0.3 is 5.97 Å². The fourth-order valence-electron chi connectivity index (χ4n) is 3.17. The Kier molecular flexibility index (Phi) is 13.1. The van der Waals surface area contributed by atoms with E-state index in [-0.39, 0.29) is 0 Å². The van der Waals surface area contributed by atoms with Gasteiger partial charge in [-0.1, -0.05) is 89.7 Å². The van der Waals surface area contributed by atoms with E-state index in [2.05, 4.69) is 17.2 Å². The lowest BCUT2D eigenvalue weighted by atomic mass is 10.0. The number of carbonyl (C=O) groups is 2. The molecule has 0 heterocycles. The molecule has 1 amide bonds. The summed E-state index contributed by atoms with van der Waals surface area (Å²) in [5, 5.41) is 0. The van der Waals surface area contributed by atoms with Crippen molar-refractivity contribution in [2.75, 3.05) is 0 Å². The first-order chi connectivity index (χ1) is 13.1. The van der Waals surface area contributed by atoms with Gasteiger partial charge in [-0.15, -0.1) is 0 Å². The highest BCUT2D eigenvalue weighted by Gasteiger charge is 2.06. The highest BCUT2D eigenvalue weighted by molar-refractivity contribution is 5.94. The number of rotatable bonds is 14. The summed E-state index contributed by atoms with van der Waals surface area (Å²) in [7, 11) is 0. The van der Waals surface area contributed by atoms with E-state index in [1.54, 1.807) is 12.1 Å². The van der Waals surface area contributed by atoms with Crippen LogP contribution in [0.1, 0.15) is 107 Å². The highest BCUT2D eigenvalue weighted by atomic mass is 16.7. The van der Waals surface area contributed by atoms with E-state index in [4.69, 9.17) is 0 Å². The maximum absolute atomic E-state index is 11.7. The van der Waals surface area contributed by atoms with Crippen molar-refractivity contribution >= 4 is 11.9 Å². The van der Waals surface area contributed by atoms with Crippen molar-refractivity contribution in [2.45, 2.75) is 97.3 Å². The van der Waals surface area contributed by atoms with Gasteiger partial charge in [0, 0.05) is 12.5 Å². The molecule has 1 rings (SSSR count). The van der Waals surface area contributed by atoms with Crippen LogP contribution in [0.2, 0.25) is 0 Å². The lowest BCUT2D eigenvalue weighted by Gasteiger charge is -2.06. The molecule has 0 fully saturated rings. The van der Waals surface area contributed by atoms with Crippen molar-refractivity contribution in [2.24, 2.45) is 0 Å². The van der Waals surface area contributed by atoms with Crippen LogP contribution in [-0.4, -0.2) is 11.9 Å². The topological polar surface area (TPSA) is 55.4 Å². The van der Waals surface area contributed by atoms with Crippen molar-refractivity contribution in [3.8, 4) is 0 Å². The number of aryl methyl sites for hydroxylation is 1. The van der Waals surface area contributed by atoms with Gasteiger partial charge in [-0.05, 0) is 30.5 Å². The minimum absolute atomic E-state index is 0.401. The molecule has 1 aromatic rings. The van der Waals surface area contributed by atoms with Crippen molar-refractivity contribution in [3.05, 3.63) is 35.4 Å². The maximum Gasteiger partial charge on any atom is 0.329 e. The normalized spacial score (nSPS) is 10.6. The SMILES string of the molecule is CCCCCCCCCCCCCCc1ccc(C(=O)NOC(C)=O)cc1. The second kappa shape index (κ2) is 15.2. The molecule has 0 unspecified atom stereocenters. The molecule has 0 atom stereocenters. The Balaban J connectivity index is 2.02. The Morgan fingerprint density at radius 3 is 1.74 bits per heavy atom. The predicted molar refractivity (Wildman–Crippen MR) is 110 cm³/mol. The van der Waals surface area contributed by atoms with Crippen LogP contribution in [0.25, 0.3) is 0 Å². The van der Waals surface area contributed by atoms with Crippen LogP contribution in [0.15, 0.2) is 24.3 Å². The molecule has 0 spiro atoms. The van der Waals surface area contributed by atoms with Crippen molar-refractivity contribution in [1.29, 1.82) is 0 Å². The minimum atomic E-state index is -0.535. The van der Waals surface area contributed by atoms with Gasteiger partial charge in [0.1, 0.15) is 0 Å². The van der Waals surface area contributed by atoms with E-state index in [1.165, 1.54) is 89.5 Å². The van der Waals surface area contributed by atoms with Gasteiger partial charge in [0.15, 0.2) is 0 Å². The van der Waals surface area contributed by atoms with Crippen LogP contribution in [0.4, 0.5) is 0 Å². The standard InChI is InChI=1S/C23H37NO3/c1-3-4-5-6-7-8-9-10-11-12-13-14-15-21-16-18-22(19-17-21)23(26)24-27-20(2)25/h16-19H,3-15H2,1-2H3,(H,24,26). The first kappa shape index (κ1) is 23.2. The van der Waals surface area contributed by atoms with Crippen LogP contribution in [-0.2, 0) is 16.1 Å². The second-order valence-electron chi connectivity index (χ2n) is 7.36. The Bertz CT molecular complexity index is 525. The molecule has 0 bridgehead atoms. The molecule has 0 radical (unpaired) electrons. The van der Waals surface area contributed by atoms with Gasteiger partial charge in [0.25, 0.3) is 5.91 Å². The molecule has 152 valence electrons. The summed E-state index contributed by atoms with van der Waals surface area (Å²) in [4.78, 5) is 26.9. The van der Waals surface area contributed by atoms with E-state index in [0.29, 0.717) is 5.56 Å². The van der Waals surface area contributed by atoms with Crippen LogP contribution < -0.4 is 5.48 Å². The maximum atomic E-state index is 11.7. The predicted octanol–water partition coefficient (Wildman–Crippen LogP) is 6.14. The summed E-state index contributed by atoms with van der Waals surface area (Å²) in [6, 6.07) is 7.49. The summed E-state index contributed by atoms with van der Waals surface area (Å²) < 4.78 is 0. The first-order valence-electron chi connectivity index (χ1n) is 10.7. The molecular formula is C23H37NO3. The zero-order chi connectivity index (χ0) is 19.7. The third-order valence-corrected chi connectivity index (χ3v) is 4.82. The number of amides is 1. The van der Waals surface area contributed by atoms with Crippen LogP contribution >= 0.6 is 0 Å². The summed E-state index contributed by atoms with van der Waals surface area (Å²) in [6.07, 6.45) is 17.3. The average Bonchev–Trinajstić information content (AvgIpc) is 2.67. The summed E-state index contributed by atoms with van der Waals surface area (Å²) in [5.74, 6) is -0.936. The lowest BCUT2D eigenvalue weighted by molar-refractivity contribution is -0.146. The molecule has 0 aliphatic heterocycles. The molecule has 1 aromatic carbocycles. The zero-order valence-corrected chi connectivity index (χ0v) is 17.2. The second-order valence-corrected chi connectivity index (χ2v) is 7.36. The molecule has 4 nitrogen and oxygen atoms in total. The van der Waals surface area contributed by atoms with E-state index >= 15 is 0 Å². The van der Waals surface area contributed by atoms with Gasteiger partial charge in [0.05, 0.1) is 0 Å². The molecule has 0 aliphatic carbocycles. The molecule has 0 aromatic heterocycles. The monoisotopic (exact) mass is 375 g/mol. The molecule has 0 saturated heterocycles. The molecule has 4 heteroatoms. The first-order valence-corrected chi connectivity index (χ1v) is 10.7.